The molecular weight excluding hydrogens is 275 g/mol. The van der Waals surface area contributed by atoms with Gasteiger partial charge in [-0.05, 0) is 6.92 Å². The van der Waals surface area contributed by atoms with Crippen LogP contribution in [0.2, 0.25) is 0 Å². The van der Waals surface area contributed by atoms with E-state index in [9.17, 15) is 26.7 Å². The molecule has 0 radical (unpaired) electrons. The molecule has 1 aromatic rings. The van der Waals surface area contributed by atoms with Gasteiger partial charge in [0, 0.05) is 0 Å². The highest BCUT2D eigenvalue weighted by Crippen LogP contribution is 2.39. The second-order valence-corrected chi connectivity index (χ2v) is 3.37. The van der Waals surface area contributed by atoms with E-state index in [2.05, 4.69) is 9.72 Å². The first-order chi connectivity index (χ1) is 8.70. The lowest BCUT2D eigenvalue weighted by Gasteiger charge is -2.16. The van der Waals surface area contributed by atoms with E-state index in [0.717, 1.165) is 0 Å². The van der Waals surface area contributed by atoms with Crippen LogP contribution in [0.5, 0.6) is 0 Å². The molecule has 0 aliphatic carbocycles. The Kier molecular flexibility index (Phi) is 4.28. The van der Waals surface area contributed by atoms with Crippen molar-refractivity contribution in [3.05, 3.63) is 23.0 Å². The van der Waals surface area contributed by atoms with Gasteiger partial charge in [0.1, 0.15) is 5.69 Å². The van der Waals surface area contributed by atoms with Gasteiger partial charge in [0.05, 0.1) is 29.6 Å². The van der Waals surface area contributed by atoms with Crippen LogP contribution in [-0.4, -0.2) is 17.6 Å². The number of aromatic nitrogens is 1. The van der Waals surface area contributed by atoms with Gasteiger partial charge in [0.2, 0.25) is 0 Å². The first-order valence-electron chi connectivity index (χ1n) is 5.01. The van der Waals surface area contributed by atoms with Gasteiger partial charge in [-0.25, -0.2) is 13.6 Å². The van der Waals surface area contributed by atoms with Crippen molar-refractivity contribution in [1.82, 2.24) is 4.98 Å². The predicted molar refractivity (Wildman–Crippen MR) is 54.6 cm³/mol. The zero-order valence-electron chi connectivity index (χ0n) is 9.59. The zero-order chi connectivity index (χ0) is 14.8. The molecule has 9 heteroatoms. The minimum absolute atomic E-state index is 0.220. The first kappa shape index (κ1) is 15.1. The molecule has 0 spiro atoms. The van der Waals surface area contributed by atoms with E-state index < -0.39 is 41.1 Å². The first-order valence-corrected chi connectivity index (χ1v) is 5.01. The fraction of sp³-hybridized carbons (Fsp3) is 0.400. The van der Waals surface area contributed by atoms with Gasteiger partial charge in [-0.15, -0.1) is 0 Å². The number of hydrogen-bond acceptors (Lipinski definition) is 4. The molecular formula is C10H9F5N2O2. The smallest absolute Gasteiger partial charge is 0.419 e. The minimum Gasteiger partial charge on any atom is -0.462 e. The maximum atomic E-state index is 12.8. The fourth-order valence-corrected chi connectivity index (χ4v) is 1.42. The number of carbonyl (C=O) groups is 1. The number of anilines is 1. The quantitative estimate of drug-likeness (QED) is 0.684. The number of pyridine rings is 1. The van der Waals surface area contributed by atoms with Crippen LogP contribution < -0.4 is 5.73 Å². The van der Waals surface area contributed by atoms with Crippen LogP contribution in [-0.2, 0) is 10.9 Å². The highest BCUT2D eigenvalue weighted by atomic mass is 19.4. The summed E-state index contributed by atoms with van der Waals surface area (Å²) < 4.78 is 68.0. The highest BCUT2D eigenvalue weighted by Gasteiger charge is 2.42. The van der Waals surface area contributed by atoms with E-state index in [1.165, 1.54) is 6.92 Å². The van der Waals surface area contributed by atoms with Crippen LogP contribution in [0.3, 0.4) is 0 Å². The molecule has 0 fully saturated rings. The molecule has 106 valence electrons. The third kappa shape index (κ3) is 3.09. The van der Waals surface area contributed by atoms with Gasteiger partial charge >= 0.3 is 12.1 Å². The number of nitrogens with zero attached hydrogens (tertiary/aromatic N) is 1. The number of rotatable bonds is 3. The van der Waals surface area contributed by atoms with Gasteiger partial charge in [0.15, 0.2) is 0 Å². The Hall–Kier alpha value is -1.93. The molecule has 0 atom stereocenters. The summed E-state index contributed by atoms with van der Waals surface area (Å²) in [5.41, 5.74) is -0.0117. The molecule has 0 unspecified atom stereocenters. The molecule has 1 heterocycles. The molecule has 0 aliphatic heterocycles. The lowest BCUT2D eigenvalue weighted by atomic mass is 10.0. The molecule has 4 nitrogen and oxygen atoms in total. The van der Waals surface area contributed by atoms with Crippen molar-refractivity contribution in [3.63, 3.8) is 0 Å². The predicted octanol–water partition coefficient (Wildman–Crippen LogP) is 2.80. The molecule has 19 heavy (non-hydrogen) atoms. The Labute approximate surface area is 104 Å². The SMILES string of the molecule is CCOC(=O)c1c(N)cnc(C(F)F)c1C(F)(F)F. The Balaban J connectivity index is 3.59. The van der Waals surface area contributed by atoms with Crippen LogP contribution in [0.4, 0.5) is 27.6 Å². The molecule has 1 aromatic heterocycles. The summed E-state index contributed by atoms with van der Waals surface area (Å²) in [7, 11) is 0. The van der Waals surface area contributed by atoms with Crippen LogP contribution in [0.1, 0.15) is 35.0 Å². The second kappa shape index (κ2) is 5.37. The van der Waals surface area contributed by atoms with E-state index in [1.807, 2.05) is 0 Å². The summed E-state index contributed by atoms with van der Waals surface area (Å²) in [6.07, 6.45) is -8.12. The van der Waals surface area contributed by atoms with Crippen molar-refractivity contribution in [2.75, 3.05) is 12.3 Å². The van der Waals surface area contributed by atoms with Gasteiger partial charge < -0.3 is 10.5 Å². The normalized spacial score (nSPS) is 11.7. The molecule has 0 bridgehead atoms. The van der Waals surface area contributed by atoms with Gasteiger partial charge in [0.25, 0.3) is 6.43 Å². The number of alkyl halides is 5. The number of nitrogens with two attached hydrogens (primary N) is 1. The van der Waals surface area contributed by atoms with Crippen LogP contribution in [0.15, 0.2) is 6.20 Å². The Morgan fingerprint density at radius 2 is 2.05 bits per heavy atom. The summed E-state index contributed by atoms with van der Waals surface area (Å²) in [6.45, 7) is 1.14. The average molecular weight is 284 g/mol. The molecule has 0 aromatic carbocycles. The third-order valence-corrected chi connectivity index (χ3v) is 2.11. The minimum atomic E-state index is -5.20. The average Bonchev–Trinajstić information content (AvgIpc) is 2.26. The zero-order valence-corrected chi connectivity index (χ0v) is 9.59. The highest BCUT2D eigenvalue weighted by molar-refractivity contribution is 5.97. The van der Waals surface area contributed by atoms with E-state index in [1.54, 1.807) is 0 Å². The standard InChI is InChI=1S/C10H9F5N2O2/c1-2-19-9(18)5-4(16)3-17-7(8(11)12)6(5)10(13,14)15/h3,8H,2,16H2,1H3. The van der Waals surface area contributed by atoms with Gasteiger partial charge in [-0.1, -0.05) is 0 Å². The molecule has 0 saturated heterocycles. The number of halogens is 5. The summed E-state index contributed by atoms with van der Waals surface area (Å²) >= 11 is 0. The van der Waals surface area contributed by atoms with Gasteiger partial charge in [-0.3, -0.25) is 4.98 Å². The summed E-state index contributed by atoms with van der Waals surface area (Å²) in [5, 5.41) is 0. The van der Waals surface area contributed by atoms with Crippen LogP contribution >= 0.6 is 0 Å². The Bertz CT molecular complexity index is 488. The number of ether oxygens (including phenoxy) is 1. The van der Waals surface area contributed by atoms with Crippen molar-refractivity contribution in [3.8, 4) is 0 Å². The maximum absolute atomic E-state index is 12.8. The van der Waals surface area contributed by atoms with E-state index >= 15 is 0 Å². The summed E-state index contributed by atoms with van der Waals surface area (Å²) in [6, 6.07) is 0. The lowest BCUT2D eigenvalue weighted by Crippen LogP contribution is -2.21. The lowest BCUT2D eigenvalue weighted by molar-refractivity contribution is -0.140. The molecule has 2 N–H and O–H groups in total. The topological polar surface area (TPSA) is 65.2 Å². The maximum Gasteiger partial charge on any atom is 0.419 e. The Morgan fingerprint density at radius 3 is 2.47 bits per heavy atom. The Morgan fingerprint density at radius 1 is 1.47 bits per heavy atom. The fourth-order valence-electron chi connectivity index (χ4n) is 1.42. The second-order valence-electron chi connectivity index (χ2n) is 3.37. The van der Waals surface area contributed by atoms with Crippen molar-refractivity contribution in [1.29, 1.82) is 0 Å². The number of hydrogen-bond donors (Lipinski definition) is 1. The van der Waals surface area contributed by atoms with E-state index in [4.69, 9.17) is 5.73 Å². The van der Waals surface area contributed by atoms with Crippen LogP contribution in [0, 0.1) is 0 Å². The number of esters is 1. The molecule has 0 aliphatic rings. The summed E-state index contributed by atoms with van der Waals surface area (Å²) in [4.78, 5) is 14.4. The van der Waals surface area contributed by atoms with E-state index in [0.29, 0.717) is 6.20 Å². The van der Waals surface area contributed by atoms with Crippen LogP contribution in [0.25, 0.3) is 0 Å². The molecule has 1 rings (SSSR count). The molecule has 0 amide bonds. The van der Waals surface area contributed by atoms with Crippen molar-refractivity contribution >= 4 is 11.7 Å². The van der Waals surface area contributed by atoms with Crippen molar-refractivity contribution in [2.45, 2.75) is 19.5 Å². The third-order valence-electron chi connectivity index (χ3n) is 2.11. The number of carbonyl (C=O) groups excluding carboxylic acids is 1. The summed E-state index contributed by atoms with van der Waals surface area (Å²) in [5.74, 6) is -1.42. The van der Waals surface area contributed by atoms with Gasteiger partial charge in [-0.2, -0.15) is 13.2 Å². The largest absolute Gasteiger partial charge is 0.462 e. The molecule has 0 saturated carbocycles. The number of nitrogen functional groups attached to an aromatic ring is 1. The monoisotopic (exact) mass is 284 g/mol. The van der Waals surface area contributed by atoms with Crippen molar-refractivity contribution < 1.29 is 31.5 Å². The van der Waals surface area contributed by atoms with E-state index in [-0.39, 0.29) is 6.61 Å². The van der Waals surface area contributed by atoms with Crippen molar-refractivity contribution in [2.24, 2.45) is 0 Å².